The Labute approximate surface area is 105 Å². The highest BCUT2D eigenvalue weighted by Crippen LogP contribution is 2.40. The van der Waals surface area contributed by atoms with Gasteiger partial charge in [0.1, 0.15) is 0 Å². The number of hydrogen-bond donors (Lipinski definition) is 1. The zero-order valence-corrected chi connectivity index (χ0v) is 11.5. The fourth-order valence-electron chi connectivity index (χ4n) is 2.92. The molecular formula is C15H26O2. The maximum atomic E-state index is 11.1. The Bertz CT molecular complexity index is 280. The first kappa shape index (κ1) is 14.3. The van der Waals surface area contributed by atoms with Crippen LogP contribution in [0.3, 0.4) is 0 Å². The molecule has 0 radical (unpaired) electrons. The van der Waals surface area contributed by atoms with Gasteiger partial charge >= 0.3 is 5.97 Å². The second kappa shape index (κ2) is 5.70. The van der Waals surface area contributed by atoms with Crippen LogP contribution in [-0.4, -0.2) is 11.1 Å². The molecule has 0 heterocycles. The number of carbonyl (C=O) groups is 1. The Morgan fingerprint density at radius 1 is 1.29 bits per heavy atom. The summed E-state index contributed by atoms with van der Waals surface area (Å²) in [5.41, 5.74) is 0.385. The van der Waals surface area contributed by atoms with Gasteiger partial charge in [0.2, 0.25) is 0 Å². The SMILES string of the molecule is C=C(C(=O)O)C(CC1CCCCC1)C(C)(C)C. The molecule has 1 rings (SSSR count). The standard InChI is InChI=1S/C15H26O2/c1-11(14(16)17)13(15(2,3)4)10-12-8-6-5-7-9-12/h12-13H,1,5-10H2,2-4H3,(H,16,17). The monoisotopic (exact) mass is 238 g/mol. The molecule has 1 aliphatic carbocycles. The van der Waals surface area contributed by atoms with Crippen molar-refractivity contribution in [1.29, 1.82) is 0 Å². The minimum Gasteiger partial charge on any atom is -0.478 e. The third-order valence-corrected chi connectivity index (χ3v) is 4.03. The van der Waals surface area contributed by atoms with E-state index in [1.54, 1.807) is 0 Å². The van der Waals surface area contributed by atoms with E-state index in [0.29, 0.717) is 11.5 Å². The first-order valence-corrected chi connectivity index (χ1v) is 6.74. The van der Waals surface area contributed by atoms with Crippen LogP contribution in [0.5, 0.6) is 0 Å². The minimum absolute atomic E-state index is 0.00702. The van der Waals surface area contributed by atoms with Gasteiger partial charge in [0.05, 0.1) is 0 Å². The topological polar surface area (TPSA) is 37.3 Å². The predicted molar refractivity (Wildman–Crippen MR) is 70.9 cm³/mol. The van der Waals surface area contributed by atoms with Crippen LogP contribution in [0.1, 0.15) is 59.3 Å². The van der Waals surface area contributed by atoms with E-state index < -0.39 is 5.97 Å². The Balaban J connectivity index is 2.70. The highest BCUT2D eigenvalue weighted by Gasteiger charge is 2.32. The number of rotatable bonds is 4. The lowest BCUT2D eigenvalue weighted by molar-refractivity contribution is -0.133. The molecule has 0 bridgehead atoms. The molecule has 2 nitrogen and oxygen atoms in total. The van der Waals surface area contributed by atoms with E-state index in [0.717, 1.165) is 6.42 Å². The normalized spacial score (nSPS) is 19.9. The van der Waals surface area contributed by atoms with Crippen molar-refractivity contribution >= 4 is 5.97 Å². The van der Waals surface area contributed by atoms with E-state index in [1.165, 1.54) is 32.1 Å². The van der Waals surface area contributed by atoms with Gasteiger partial charge in [-0.3, -0.25) is 0 Å². The molecule has 0 aromatic heterocycles. The summed E-state index contributed by atoms with van der Waals surface area (Å²) in [5, 5.41) is 9.15. The number of hydrogen-bond acceptors (Lipinski definition) is 1. The Kier molecular flexibility index (Phi) is 4.79. The van der Waals surface area contributed by atoms with Crippen LogP contribution < -0.4 is 0 Å². The van der Waals surface area contributed by atoms with Crippen molar-refractivity contribution in [1.82, 2.24) is 0 Å². The Morgan fingerprint density at radius 2 is 1.82 bits per heavy atom. The zero-order chi connectivity index (χ0) is 13.1. The van der Waals surface area contributed by atoms with Gasteiger partial charge in [-0.1, -0.05) is 59.5 Å². The molecule has 1 aliphatic rings. The van der Waals surface area contributed by atoms with Gasteiger partial charge in [-0.25, -0.2) is 4.79 Å². The fraction of sp³-hybridized carbons (Fsp3) is 0.800. The van der Waals surface area contributed by atoms with Crippen LogP contribution in [-0.2, 0) is 4.79 Å². The maximum absolute atomic E-state index is 11.1. The van der Waals surface area contributed by atoms with Crippen LogP contribution in [0.15, 0.2) is 12.2 Å². The largest absolute Gasteiger partial charge is 0.478 e. The summed E-state index contributed by atoms with van der Waals surface area (Å²) in [6, 6.07) is 0. The lowest BCUT2D eigenvalue weighted by atomic mass is 9.70. The smallest absolute Gasteiger partial charge is 0.331 e. The summed E-state index contributed by atoms with van der Waals surface area (Å²) >= 11 is 0. The number of carboxylic acids is 1. The molecule has 2 heteroatoms. The van der Waals surface area contributed by atoms with E-state index in [-0.39, 0.29) is 11.3 Å². The van der Waals surface area contributed by atoms with Crippen molar-refractivity contribution in [3.8, 4) is 0 Å². The molecule has 0 aromatic carbocycles. The Morgan fingerprint density at radius 3 is 2.24 bits per heavy atom. The van der Waals surface area contributed by atoms with E-state index >= 15 is 0 Å². The molecule has 17 heavy (non-hydrogen) atoms. The van der Waals surface area contributed by atoms with Crippen molar-refractivity contribution in [2.24, 2.45) is 17.3 Å². The summed E-state index contributed by atoms with van der Waals surface area (Å²) < 4.78 is 0. The van der Waals surface area contributed by atoms with Gasteiger partial charge in [0, 0.05) is 5.57 Å². The third kappa shape index (κ3) is 4.18. The van der Waals surface area contributed by atoms with E-state index in [2.05, 4.69) is 27.4 Å². The van der Waals surface area contributed by atoms with Crippen LogP contribution in [0.25, 0.3) is 0 Å². The second-order valence-electron chi connectivity index (χ2n) is 6.49. The van der Waals surface area contributed by atoms with E-state index in [1.807, 2.05) is 0 Å². The van der Waals surface area contributed by atoms with Gasteiger partial charge in [0.25, 0.3) is 0 Å². The van der Waals surface area contributed by atoms with E-state index in [9.17, 15) is 4.79 Å². The van der Waals surface area contributed by atoms with E-state index in [4.69, 9.17) is 5.11 Å². The summed E-state index contributed by atoms with van der Waals surface area (Å²) in [5.74, 6) is -0.0343. The molecule has 1 saturated carbocycles. The van der Waals surface area contributed by atoms with Crippen molar-refractivity contribution in [3.63, 3.8) is 0 Å². The minimum atomic E-state index is -0.833. The van der Waals surface area contributed by atoms with Gasteiger partial charge in [-0.15, -0.1) is 0 Å². The van der Waals surface area contributed by atoms with Gasteiger partial charge in [0.15, 0.2) is 0 Å². The average molecular weight is 238 g/mol. The van der Waals surface area contributed by atoms with Gasteiger partial charge in [-0.05, 0) is 23.7 Å². The van der Waals surface area contributed by atoms with Gasteiger partial charge in [-0.2, -0.15) is 0 Å². The molecule has 0 amide bonds. The van der Waals surface area contributed by atoms with Crippen molar-refractivity contribution in [2.45, 2.75) is 59.3 Å². The quantitative estimate of drug-likeness (QED) is 0.743. The molecule has 1 unspecified atom stereocenters. The molecule has 0 spiro atoms. The highest BCUT2D eigenvalue weighted by molar-refractivity contribution is 5.86. The van der Waals surface area contributed by atoms with Crippen molar-refractivity contribution in [2.75, 3.05) is 0 Å². The molecule has 1 atom stereocenters. The Hall–Kier alpha value is -0.790. The second-order valence-corrected chi connectivity index (χ2v) is 6.49. The molecule has 1 N–H and O–H groups in total. The summed E-state index contributed by atoms with van der Waals surface area (Å²) in [6.07, 6.45) is 7.48. The third-order valence-electron chi connectivity index (χ3n) is 4.03. The zero-order valence-electron chi connectivity index (χ0n) is 11.5. The molecule has 0 saturated heterocycles. The van der Waals surface area contributed by atoms with Crippen LogP contribution >= 0.6 is 0 Å². The molecule has 98 valence electrons. The lowest BCUT2D eigenvalue weighted by Crippen LogP contribution is -2.28. The fourth-order valence-corrected chi connectivity index (χ4v) is 2.92. The summed E-state index contributed by atoms with van der Waals surface area (Å²) in [7, 11) is 0. The first-order chi connectivity index (χ1) is 7.82. The maximum Gasteiger partial charge on any atom is 0.331 e. The highest BCUT2D eigenvalue weighted by atomic mass is 16.4. The molecule has 0 aliphatic heterocycles. The average Bonchev–Trinajstić information content (AvgIpc) is 2.24. The molecular weight excluding hydrogens is 212 g/mol. The van der Waals surface area contributed by atoms with Gasteiger partial charge < -0.3 is 5.11 Å². The number of carboxylic acid groups (broad SMARTS) is 1. The molecule has 1 fully saturated rings. The molecule has 0 aromatic rings. The van der Waals surface area contributed by atoms with Crippen LogP contribution in [0.2, 0.25) is 0 Å². The van der Waals surface area contributed by atoms with Crippen LogP contribution in [0.4, 0.5) is 0 Å². The predicted octanol–water partition coefficient (Wildman–Crippen LogP) is 4.26. The summed E-state index contributed by atoms with van der Waals surface area (Å²) in [6.45, 7) is 10.1. The number of aliphatic carboxylic acids is 1. The van der Waals surface area contributed by atoms with Crippen molar-refractivity contribution < 1.29 is 9.90 Å². The summed E-state index contributed by atoms with van der Waals surface area (Å²) in [4.78, 5) is 11.1. The lowest BCUT2D eigenvalue weighted by Gasteiger charge is -2.35. The van der Waals surface area contributed by atoms with Crippen molar-refractivity contribution in [3.05, 3.63) is 12.2 Å². The first-order valence-electron chi connectivity index (χ1n) is 6.74. The van der Waals surface area contributed by atoms with Crippen LogP contribution in [0, 0.1) is 17.3 Å².